The highest BCUT2D eigenvalue weighted by Crippen LogP contribution is 2.11. The molecule has 0 fully saturated rings. The minimum Gasteiger partial charge on any atom is -0.353 e. The van der Waals surface area contributed by atoms with Crippen molar-refractivity contribution < 1.29 is 4.79 Å². The molecule has 0 aromatic carbocycles. The van der Waals surface area contributed by atoms with Gasteiger partial charge in [-0.1, -0.05) is 13.8 Å². The first kappa shape index (κ1) is 12.1. The molecule has 1 atom stereocenters. The maximum absolute atomic E-state index is 11.8. The summed E-state index contributed by atoms with van der Waals surface area (Å²) in [5.41, 5.74) is 0.824. The van der Waals surface area contributed by atoms with E-state index < -0.39 is 0 Å². The monoisotopic (exact) mass is 251 g/mol. The summed E-state index contributed by atoms with van der Waals surface area (Å²) in [6.45, 7) is 6.21. The molecule has 0 aliphatic heterocycles. The van der Waals surface area contributed by atoms with Gasteiger partial charge in [0.2, 0.25) is 5.91 Å². The van der Waals surface area contributed by atoms with Gasteiger partial charge in [0.15, 0.2) is 4.96 Å². The minimum absolute atomic E-state index is 0.0388. The van der Waals surface area contributed by atoms with Gasteiger partial charge in [0.05, 0.1) is 12.1 Å². The van der Waals surface area contributed by atoms with Crippen LogP contribution in [0.3, 0.4) is 0 Å². The molecule has 0 aliphatic rings. The van der Waals surface area contributed by atoms with Gasteiger partial charge in [-0.2, -0.15) is 0 Å². The number of nitrogens with one attached hydrogen (secondary N) is 1. The predicted octanol–water partition coefficient (Wildman–Crippen LogP) is 2.10. The number of carbonyl (C=O) groups excluding carboxylic acids is 1. The molecule has 5 heteroatoms. The summed E-state index contributed by atoms with van der Waals surface area (Å²) in [6.07, 6.45) is 4.21. The summed E-state index contributed by atoms with van der Waals surface area (Å²) in [7, 11) is 0. The third kappa shape index (κ3) is 2.85. The lowest BCUT2D eigenvalue weighted by Crippen LogP contribution is -2.37. The van der Waals surface area contributed by atoms with E-state index in [4.69, 9.17) is 0 Å². The molecule has 92 valence electrons. The van der Waals surface area contributed by atoms with Gasteiger partial charge in [0, 0.05) is 23.8 Å². The van der Waals surface area contributed by atoms with Crippen LogP contribution in [-0.2, 0) is 11.2 Å². The maximum Gasteiger partial charge on any atom is 0.226 e. The molecule has 1 unspecified atom stereocenters. The van der Waals surface area contributed by atoms with Crippen molar-refractivity contribution in [3.63, 3.8) is 0 Å². The van der Waals surface area contributed by atoms with Crippen LogP contribution in [-0.4, -0.2) is 21.3 Å². The highest BCUT2D eigenvalue weighted by molar-refractivity contribution is 7.15. The van der Waals surface area contributed by atoms with Crippen LogP contribution in [0.2, 0.25) is 0 Å². The molecule has 2 heterocycles. The van der Waals surface area contributed by atoms with E-state index in [-0.39, 0.29) is 11.9 Å². The number of imidazole rings is 1. The van der Waals surface area contributed by atoms with E-state index in [0.29, 0.717) is 12.3 Å². The number of thiazole rings is 1. The lowest BCUT2D eigenvalue weighted by molar-refractivity contribution is -0.121. The Morgan fingerprint density at radius 3 is 2.94 bits per heavy atom. The molecule has 1 amide bonds. The number of nitrogens with zero attached hydrogens (tertiary/aromatic N) is 2. The van der Waals surface area contributed by atoms with Crippen LogP contribution in [0.1, 0.15) is 26.5 Å². The van der Waals surface area contributed by atoms with Gasteiger partial charge >= 0.3 is 0 Å². The normalized spacial score (nSPS) is 13.2. The molecule has 0 saturated carbocycles. The molecule has 0 saturated heterocycles. The zero-order valence-corrected chi connectivity index (χ0v) is 11.1. The Bertz CT molecular complexity index is 486. The van der Waals surface area contributed by atoms with Crippen LogP contribution in [0, 0.1) is 5.92 Å². The highest BCUT2D eigenvalue weighted by atomic mass is 32.1. The van der Waals surface area contributed by atoms with E-state index >= 15 is 0 Å². The van der Waals surface area contributed by atoms with Gasteiger partial charge in [0.25, 0.3) is 0 Å². The van der Waals surface area contributed by atoms with E-state index in [1.807, 2.05) is 29.1 Å². The van der Waals surface area contributed by atoms with Crippen molar-refractivity contribution in [3.05, 3.63) is 23.5 Å². The molecular weight excluding hydrogens is 234 g/mol. The highest BCUT2D eigenvalue weighted by Gasteiger charge is 2.12. The van der Waals surface area contributed by atoms with Gasteiger partial charge < -0.3 is 5.32 Å². The molecule has 2 aromatic heterocycles. The van der Waals surface area contributed by atoms with Crippen molar-refractivity contribution in [1.82, 2.24) is 14.7 Å². The molecule has 0 spiro atoms. The van der Waals surface area contributed by atoms with Crippen molar-refractivity contribution in [2.75, 3.05) is 0 Å². The van der Waals surface area contributed by atoms with Gasteiger partial charge in [-0.25, -0.2) is 4.98 Å². The number of amides is 1. The summed E-state index contributed by atoms with van der Waals surface area (Å²) in [5.74, 6) is 0.487. The first-order chi connectivity index (χ1) is 8.06. The number of carbonyl (C=O) groups is 1. The lowest BCUT2D eigenvalue weighted by Gasteiger charge is -2.16. The molecule has 17 heavy (non-hydrogen) atoms. The molecule has 0 radical (unpaired) electrons. The molecule has 0 bridgehead atoms. The summed E-state index contributed by atoms with van der Waals surface area (Å²) in [4.78, 5) is 17.1. The van der Waals surface area contributed by atoms with Crippen molar-refractivity contribution in [2.45, 2.75) is 33.2 Å². The van der Waals surface area contributed by atoms with Crippen molar-refractivity contribution in [1.29, 1.82) is 0 Å². The Morgan fingerprint density at radius 1 is 1.53 bits per heavy atom. The third-order valence-corrected chi connectivity index (χ3v) is 3.64. The Hall–Kier alpha value is -1.36. The zero-order valence-electron chi connectivity index (χ0n) is 10.3. The van der Waals surface area contributed by atoms with Crippen LogP contribution < -0.4 is 5.32 Å². The molecule has 4 nitrogen and oxygen atoms in total. The molecule has 2 rings (SSSR count). The molecule has 2 aromatic rings. The van der Waals surface area contributed by atoms with E-state index in [1.54, 1.807) is 11.3 Å². The lowest BCUT2D eigenvalue weighted by atomic mass is 10.1. The fourth-order valence-corrected chi connectivity index (χ4v) is 2.22. The van der Waals surface area contributed by atoms with Crippen molar-refractivity contribution >= 4 is 22.2 Å². The fourth-order valence-electron chi connectivity index (χ4n) is 1.50. The number of hydrogen-bond acceptors (Lipinski definition) is 3. The number of fused-ring (bicyclic) bond motifs is 1. The van der Waals surface area contributed by atoms with Crippen molar-refractivity contribution in [2.24, 2.45) is 5.92 Å². The summed E-state index contributed by atoms with van der Waals surface area (Å²) >= 11 is 1.57. The smallest absolute Gasteiger partial charge is 0.226 e. The van der Waals surface area contributed by atoms with Crippen LogP contribution in [0.4, 0.5) is 0 Å². The van der Waals surface area contributed by atoms with E-state index in [1.165, 1.54) is 0 Å². The quantitative estimate of drug-likeness (QED) is 0.904. The number of aromatic nitrogens is 2. The van der Waals surface area contributed by atoms with Crippen LogP contribution in [0.15, 0.2) is 17.8 Å². The topological polar surface area (TPSA) is 46.4 Å². The SMILES string of the molecule is CC(C)C(C)NC(=O)Cc1cn2ccsc2n1. The Morgan fingerprint density at radius 2 is 2.29 bits per heavy atom. The second kappa shape index (κ2) is 4.87. The third-order valence-electron chi connectivity index (χ3n) is 2.87. The maximum atomic E-state index is 11.8. The van der Waals surface area contributed by atoms with Gasteiger partial charge in [0.1, 0.15) is 0 Å². The molecule has 1 N–H and O–H groups in total. The van der Waals surface area contributed by atoms with Gasteiger partial charge in [-0.3, -0.25) is 9.20 Å². The first-order valence-electron chi connectivity index (χ1n) is 5.76. The predicted molar refractivity (Wildman–Crippen MR) is 69.2 cm³/mol. The second-order valence-corrected chi connectivity index (χ2v) is 5.48. The largest absolute Gasteiger partial charge is 0.353 e. The average molecular weight is 251 g/mol. The summed E-state index contributed by atoms with van der Waals surface area (Å²) in [6, 6.07) is 0.200. The number of hydrogen-bond donors (Lipinski definition) is 1. The van der Waals surface area contributed by atoms with Gasteiger partial charge in [-0.05, 0) is 12.8 Å². The standard InChI is InChI=1S/C12H17N3OS/c1-8(2)9(3)13-11(16)6-10-7-15-4-5-17-12(15)14-10/h4-5,7-9H,6H2,1-3H3,(H,13,16). The average Bonchev–Trinajstić information content (AvgIpc) is 2.76. The second-order valence-electron chi connectivity index (χ2n) is 4.60. The summed E-state index contributed by atoms with van der Waals surface area (Å²) in [5, 5.41) is 4.96. The number of rotatable bonds is 4. The Balaban J connectivity index is 1.97. The zero-order chi connectivity index (χ0) is 12.4. The minimum atomic E-state index is 0.0388. The van der Waals surface area contributed by atoms with Crippen LogP contribution in [0.5, 0.6) is 0 Å². The van der Waals surface area contributed by atoms with Crippen LogP contribution >= 0.6 is 11.3 Å². The van der Waals surface area contributed by atoms with Crippen LogP contribution in [0.25, 0.3) is 4.96 Å². The molecule has 0 aliphatic carbocycles. The Labute approximate surface area is 105 Å². The first-order valence-corrected chi connectivity index (χ1v) is 6.64. The molecular formula is C12H17N3OS. The van der Waals surface area contributed by atoms with E-state index in [0.717, 1.165) is 10.7 Å². The van der Waals surface area contributed by atoms with E-state index in [9.17, 15) is 4.79 Å². The van der Waals surface area contributed by atoms with Gasteiger partial charge in [-0.15, -0.1) is 11.3 Å². The van der Waals surface area contributed by atoms with Crippen molar-refractivity contribution in [3.8, 4) is 0 Å². The summed E-state index contributed by atoms with van der Waals surface area (Å²) < 4.78 is 1.94. The Kier molecular flexibility index (Phi) is 3.47. The van der Waals surface area contributed by atoms with E-state index in [2.05, 4.69) is 24.1 Å². The fraction of sp³-hybridized carbons (Fsp3) is 0.500.